The maximum Gasteiger partial charge on any atom is 0.195 e. The van der Waals surface area contributed by atoms with Crippen molar-refractivity contribution >= 4 is 11.6 Å². The van der Waals surface area contributed by atoms with Crippen molar-refractivity contribution in [2.45, 2.75) is 26.4 Å². The zero-order chi connectivity index (χ0) is 20.0. The third-order valence-corrected chi connectivity index (χ3v) is 3.67. The lowest BCUT2D eigenvalue weighted by Crippen LogP contribution is -2.33. The van der Waals surface area contributed by atoms with Crippen molar-refractivity contribution in [3.8, 4) is 5.75 Å². The van der Waals surface area contributed by atoms with Gasteiger partial charge in [0.1, 0.15) is 11.5 Å². The SMILES string of the molecule is COCCOCCN=C(NCCc1ccco1)Nc1ccc(OC(C)C)cc1. The van der Waals surface area contributed by atoms with Crippen LogP contribution in [0.4, 0.5) is 5.69 Å². The normalized spacial score (nSPS) is 11.6. The first-order chi connectivity index (χ1) is 13.7. The largest absolute Gasteiger partial charge is 0.491 e. The third kappa shape index (κ3) is 8.92. The molecule has 0 aliphatic carbocycles. The molecule has 0 bridgehead atoms. The first kappa shape index (κ1) is 21.8. The van der Waals surface area contributed by atoms with Crippen LogP contribution in [0.15, 0.2) is 52.1 Å². The predicted molar refractivity (Wildman–Crippen MR) is 111 cm³/mol. The molecule has 0 amide bonds. The number of nitrogens with zero attached hydrogens (tertiary/aromatic N) is 1. The van der Waals surface area contributed by atoms with E-state index in [1.807, 2.05) is 50.2 Å². The lowest BCUT2D eigenvalue weighted by Gasteiger charge is -2.14. The molecule has 154 valence electrons. The first-order valence-electron chi connectivity index (χ1n) is 9.58. The van der Waals surface area contributed by atoms with Gasteiger partial charge in [0.2, 0.25) is 0 Å². The second-order valence-electron chi connectivity index (χ2n) is 6.41. The zero-order valence-corrected chi connectivity index (χ0v) is 16.9. The number of aliphatic imine (C=N–C) groups is 1. The molecule has 2 N–H and O–H groups in total. The van der Waals surface area contributed by atoms with Gasteiger partial charge in [0.15, 0.2) is 5.96 Å². The van der Waals surface area contributed by atoms with E-state index in [1.54, 1.807) is 13.4 Å². The number of anilines is 1. The molecule has 28 heavy (non-hydrogen) atoms. The summed E-state index contributed by atoms with van der Waals surface area (Å²) in [4.78, 5) is 4.57. The van der Waals surface area contributed by atoms with Gasteiger partial charge < -0.3 is 29.3 Å². The molecule has 2 rings (SSSR count). The molecule has 0 aliphatic rings. The molecule has 7 heteroatoms. The van der Waals surface area contributed by atoms with Crippen LogP contribution in [0.3, 0.4) is 0 Å². The Labute approximate surface area is 167 Å². The van der Waals surface area contributed by atoms with Crippen LogP contribution in [0.2, 0.25) is 0 Å². The summed E-state index contributed by atoms with van der Waals surface area (Å²) in [7, 11) is 1.66. The van der Waals surface area contributed by atoms with Crippen LogP contribution >= 0.6 is 0 Å². The number of furan rings is 1. The molecule has 0 aliphatic heterocycles. The Morgan fingerprint density at radius 1 is 1.11 bits per heavy atom. The van der Waals surface area contributed by atoms with Crippen LogP contribution in [-0.2, 0) is 15.9 Å². The fourth-order valence-corrected chi connectivity index (χ4v) is 2.39. The van der Waals surface area contributed by atoms with E-state index in [2.05, 4.69) is 15.6 Å². The summed E-state index contributed by atoms with van der Waals surface area (Å²) in [5, 5.41) is 6.64. The average Bonchev–Trinajstić information content (AvgIpc) is 3.19. The highest BCUT2D eigenvalue weighted by Gasteiger charge is 2.03. The highest BCUT2D eigenvalue weighted by Crippen LogP contribution is 2.16. The molecule has 0 spiro atoms. The molecule has 0 unspecified atom stereocenters. The Balaban J connectivity index is 1.88. The minimum absolute atomic E-state index is 0.150. The molecule has 0 atom stereocenters. The number of nitrogens with one attached hydrogen (secondary N) is 2. The Morgan fingerprint density at radius 3 is 2.61 bits per heavy atom. The van der Waals surface area contributed by atoms with Gasteiger partial charge >= 0.3 is 0 Å². The Morgan fingerprint density at radius 2 is 1.93 bits per heavy atom. The van der Waals surface area contributed by atoms with Crippen LogP contribution < -0.4 is 15.4 Å². The molecule has 1 aromatic heterocycles. The Bertz CT molecular complexity index is 669. The van der Waals surface area contributed by atoms with Crippen LogP contribution in [0.1, 0.15) is 19.6 Å². The highest BCUT2D eigenvalue weighted by molar-refractivity contribution is 5.93. The van der Waals surface area contributed by atoms with E-state index in [9.17, 15) is 0 Å². The van der Waals surface area contributed by atoms with Crippen LogP contribution in [0.25, 0.3) is 0 Å². The summed E-state index contributed by atoms with van der Waals surface area (Å²) in [6.45, 7) is 6.96. The predicted octanol–water partition coefficient (Wildman–Crippen LogP) is 3.33. The topological polar surface area (TPSA) is 77.2 Å². The van der Waals surface area contributed by atoms with Gasteiger partial charge in [-0.2, -0.15) is 0 Å². The summed E-state index contributed by atoms with van der Waals surface area (Å²) in [5.41, 5.74) is 0.931. The number of benzene rings is 1. The van der Waals surface area contributed by atoms with Gasteiger partial charge in [-0.1, -0.05) is 0 Å². The van der Waals surface area contributed by atoms with Crippen molar-refractivity contribution in [1.29, 1.82) is 0 Å². The van der Waals surface area contributed by atoms with Gasteiger partial charge in [-0.15, -0.1) is 0 Å². The van der Waals surface area contributed by atoms with Crippen molar-refractivity contribution in [3.05, 3.63) is 48.4 Å². The molecular weight excluding hydrogens is 358 g/mol. The minimum atomic E-state index is 0.150. The van der Waals surface area contributed by atoms with E-state index in [0.717, 1.165) is 23.6 Å². The van der Waals surface area contributed by atoms with Gasteiger partial charge in [-0.05, 0) is 50.2 Å². The van der Waals surface area contributed by atoms with E-state index < -0.39 is 0 Å². The van der Waals surface area contributed by atoms with E-state index in [1.165, 1.54) is 0 Å². The van der Waals surface area contributed by atoms with Crippen molar-refractivity contribution in [3.63, 3.8) is 0 Å². The summed E-state index contributed by atoms with van der Waals surface area (Å²) in [6.07, 6.45) is 2.61. The zero-order valence-electron chi connectivity index (χ0n) is 16.9. The van der Waals surface area contributed by atoms with E-state index in [-0.39, 0.29) is 6.10 Å². The average molecular weight is 389 g/mol. The van der Waals surface area contributed by atoms with Gasteiger partial charge in [-0.25, -0.2) is 0 Å². The summed E-state index contributed by atoms with van der Waals surface area (Å²) in [5.74, 6) is 2.47. The molecule has 0 saturated carbocycles. The first-order valence-corrected chi connectivity index (χ1v) is 9.58. The Hall–Kier alpha value is -2.51. The molecular formula is C21H31N3O4. The van der Waals surface area contributed by atoms with Crippen LogP contribution in [0.5, 0.6) is 5.75 Å². The van der Waals surface area contributed by atoms with Crippen LogP contribution in [-0.4, -0.2) is 52.1 Å². The quantitative estimate of drug-likeness (QED) is 0.329. The maximum absolute atomic E-state index is 5.68. The summed E-state index contributed by atoms with van der Waals surface area (Å²) < 4.78 is 21.5. The van der Waals surface area contributed by atoms with Crippen molar-refractivity contribution in [1.82, 2.24) is 5.32 Å². The molecule has 7 nitrogen and oxygen atoms in total. The van der Waals surface area contributed by atoms with Crippen molar-refractivity contribution < 1.29 is 18.6 Å². The highest BCUT2D eigenvalue weighted by atomic mass is 16.5. The van der Waals surface area contributed by atoms with E-state index in [4.69, 9.17) is 18.6 Å². The molecule has 0 saturated heterocycles. The van der Waals surface area contributed by atoms with Gasteiger partial charge in [0.25, 0.3) is 0 Å². The molecule has 1 heterocycles. The van der Waals surface area contributed by atoms with E-state index >= 15 is 0 Å². The third-order valence-electron chi connectivity index (χ3n) is 3.67. The Kier molecular flexibility index (Phi) is 9.96. The molecule has 1 aromatic carbocycles. The smallest absolute Gasteiger partial charge is 0.195 e. The number of hydrogen-bond donors (Lipinski definition) is 2. The molecule has 0 fully saturated rings. The minimum Gasteiger partial charge on any atom is -0.491 e. The second kappa shape index (κ2) is 12.8. The van der Waals surface area contributed by atoms with Gasteiger partial charge in [0, 0.05) is 25.8 Å². The van der Waals surface area contributed by atoms with Crippen LogP contribution in [0, 0.1) is 0 Å². The van der Waals surface area contributed by atoms with Crippen molar-refractivity contribution in [2.75, 3.05) is 45.3 Å². The lowest BCUT2D eigenvalue weighted by atomic mass is 10.3. The van der Waals surface area contributed by atoms with Gasteiger partial charge in [0.05, 0.1) is 38.7 Å². The monoisotopic (exact) mass is 389 g/mol. The molecule has 2 aromatic rings. The second-order valence-corrected chi connectivity index (χ2v) is 6.41. The maximum atomic E-state index is 5.68. The fraction of sp³-hybridized carbons (Fsp3) is 0.476. The number of hydrogen-bond acceptors (Lipinski definition) is 5. The number of rotatable bonds is 12. The fourth-order valence-electron chi connectivity index (χ4n) is 2.39. The lowest BCUT2D eigenvalue weighted by molar-refractivity contribution is 0.0748. The van der Waals surface area contributed by atoms with Crippen molar-refractivity contribution in [2.24, 2.45) is 4.99 Å². The van der Waals surface area contributed by atoms with Gasteiger partial charge in [-0.3, -0.25) is 4.99 Å². The summed E-state index contributed by atoms with van der Waals surface area (Å²) in [6, 6.07) is 11.7. The number of guanidine groups is 1. The van der Waals surface area contributed by atoms with E-state index in [0.29, 0.717) is 38.9 Å². The number of methoxy groups -OCH3 is 1. The molecule has 0 radical (unpaired) electrons. The standard InChI is InChI=1S/C21H31N3O4/c1-17(2)28-20-8-6-18(7-9-20)24-21(23-12-14-26-16-15-25-3)22-11-10-19-5-4-13-27-19/h4-9,13,17H,10-12,14-16H2,1-3H3,(H2,22,23,24). The summed E-state index contributed by atoms with van der Waals surface area (Å²) >= 11 is 0. The number of ether oxygens (including phenoxy) is 3.